The number of nitrogens with two attached hydrogens (primary N) is 1. The van der Waals surface area contributed by atoms with Gasteiger partial charge in [0.2, 0.25) is 5.91 Å². The first-order valence-electron chi connectivity index (χ1n) is 5.26. The monoisotopic (exact) mass is 265 g/mol. The molecule has 94 valence electrons. The zero-order chi connectivity index (χ0) is 13.4. The Morgan fingerprint density at radius 3 is 2.56 bits per heavy atom. The molecule has 5 nitrogen and oxygen atoms in total. The fraction of sp³-hybridized carbons (Fsp3) is 0.167. The van der Waals surface area contributed by atoms with Crippen molar-refractivity contribution in [2.45, 2.75) is 13.8 Å². The van der Waals surface area contributed by atoms with Gasteiger partial charge in [-0.3, -0.25) is 4.79 Å². The number of phenolic OH excluding ortho intramolecular Hbond substituents is 1. The number of amides is 1. The van der Waals surface area contributed by atoms with E-state index < -0.39 is 5.91 Å². The summed E-state index contributed by atoms with van der Waals surface area (Å²) < 4.78 is 1.53. The molecule has 0 aliphatic heterocycles. The zero-order valence-electron chi connectivity index (χ0n) is 9.94. The van der Waals surface area contributed by atoms with Crippen LogP contribution in [0.5, 0.6) is 5.75 Å². The van der Waals surface area contributed by atoms with Crippen LogP contribution < -0.4 is 5.73 Å². The van der Waals surface area contributed by atoms with Crippen molar-refractivity contribution < 1.29 is 9.90 Å². The minimum absolute atomic E-state index is 0.0754. The molecule has 2 rings (SSSR count). The highest BCUT2D eigenvalue weighted by Crippen LogP contribution is 2.27. The molecule has 1 heterocycles. The van der Waals surface area contributed by atoms with Crippen LogP contribution in [0, 0.1) is 13.8 Å². The molecular formula is C12H12ClN3O2. The van der Waals surface area contributed by atoms with E-state index in [0.717, 1.165) is 5.69 Å². The summed E-state index contributed by atoms with van der Waals surface area (Å²) >= 11 is 6.04. The van der Waals surface area contributed by atoms with E-state index in [1.54, 1.807) is 19.9 Å². The van der Waals surface area contributed by atoms with Gasteiger partial charge in [0.25, 0.3) is 0 Å². The average Bonchev–Trinajstić information content (AvgIpc) is 2.57. The summed E-state index contributed by atoms with van der Waals surface area (Å²) in [6.45, 7) is 3.57. The van der Waals surface area contributed by atoms with Gasteiger partial charge in [-0.2, -0.15) is 5.10 Å². The number of carbonyl (C=O) groups is 1. The predicted octanol–water partition coefficient (Wildman–Crippen LogP) is 1.95. The van der Waals surface area contributed by atoms with Crippen LogP contribution in [0.4, 0.5) is 0 Å². The average molecular weight is 266 g/mol. The van der Waals surface area contributed by atoms with Gasteiger partial charge in [0.05, 0.1) is 16.4 Å². The fourth-order valence-electron chi connectivity index (χ4n) is 1.71. The summed E-state index contributed by atoms with van der Waals surface area (Å²) in [6.07, 6.45) is 0. The molecule has 18 heavy (non-hydrogen) atoms. The second kappa shape index (κ2) is 4.34. The first-order valence-corrected chi connectivity index (χ1v) is 5.64. The highest BCUT2D eigenvalue weighted by atomic mass is 35.5. The molecule has 0 bridgehead atoms. The predicted molar refractivity (Wildman–Crippen MR) is 68.2 cm³/mol. The molecule has 0 fully saturated rings. The van der Waals surface area contributed by atoms with Gasteiger partial charge in [-0.1, -0.05) is 11.6 Å². The molecule has 0 aliphatic carbocycles. The molecule has 3 N–H and O–H groups in total. The molecule has 1 aromatic carbocycles. The quantitative estimate of drug-likeness (QED) is 0.871. The second-order valence-electron chi connectivity index (χ2n) is 3.96. The summed E-state index contributed by atoms with van der Waals surface area (Å²) in [7, 11) is 0. The highest BCUT2D eigenvalue weighted by molar-refractivity contribution is 6.31. The van der Waals surface area contributed by atoms with Crippen LogP contribution in [0.25, 0.3) is 5.69 Å². The van der Waals surface area contributed by atoms with Gasteiger partial charge in [0, 0.05) is 5.56 Å². The molecule has 0 spiro atoms. The molecule has 0 unspecified atom stereocenters. The minimum atomic E-state index is -0.594. The lowest BCUT2D eigenvalue weighted by Crippen LogP contribution is -2.11. The van der Waals surface area contributed by atoms with E-state index in [1.807, 2.05) is 0 Å². The van der Waals surface area contributed by atoms with Gasteiger partial charge < -0.3 is 10.8 Å². The van der Waals surface area contributed by atoms with Crippen molar-refractivity contribution in [3.8, 4) is 11.4 Å². The maximum absolute atomic E-state index is 11.0. The number of halogens is 1. The van der Waals surface area contributed by atoms with Gasteiger partial charge >= 0.3 is 0 Å². The molecule has 0 radical (unpaired) electrons. The summed E-state index contributed by atoms with van der Waals surface area (Å²) in [5.41, 5.74) is 7.22. The van der Waals surface area contributed by atoms with E-state index in [4.69, 9.17) is 17.3 Å². The number of hydrogen-bond donors (Lipinski definition) is 2. The van der Waals surface area contributed by atoms with E-state index in [1.165, 1.54) is 16.8 Å². The Morgan fingerprint density at radius 1 is 1.44 bits per heavy atom. The van der Waals surface area contributed by atoms with Crippen molar-refractivity contribution in [1.82, 2.24) is 9.78 Å². The normalized spacial score (nSPS) is 10.6. The van der Waals surface area contributed by atoms with E-state index in [9.17, 15) is 9.90 Å². The molecule has 0 saturated heterocycles. The molecule has 1 aromatic heterocycles. The third-order valence-electron chi connectivity index (χ3n) is 2.69. The van der Waals surface area contributed by atoms with Crippen LogP contribution in [0.1, 0.15) is 21.7 Å². The number of nitrogens with zero attached hydrogens (tertiary/aromatic N) is 2. The Morgan fingerprint density at radius 2 is 2.11 bits per heavy atom. The van der Waals surface area contributed by atoms with Crippen molar-refractivity contribution in [3.63, 3.8) is 0 Å². The summed E-state index contributed by atoms with van der Waals surface area (Å²) in [5, 5.41) is 14.7. The van der Waals surface area contributed by atoms with Gasteiger partial charge in [0.1, 0.15) is 11.4 Å². The van der Waals surface area contributed by atoms with Gasteiger partial charge in [-0.15, -0.1) is 0 Å². The van der Waals surface area contributed by atoms with E-state index in [-0.39, 0.29) is 11.3 Å². The summed E-state index contributed by atoms with van der Waals surface area (Å²) in [4.78, 5) is 11.0. The van der Waals surface area contributed by atoms with Crippen molar-refractivity contribution in [2.24, 2.45) is 5.73 Å². The topological polar surface area (TPSA) is 81.1 Å². The number of primary amides is 1. The van der Waals surface area contributed by atoms with Gasteiger partial charge in [-0.25, -0.2) is 4.68 Å². The van der Waals surface area contributed by atoms with Crippen molar-refractivity contribution >= 4 is 17.5 Å². The number of benzene rings is 1. The van der Waals surface area contributed by atoms with Crippen LogP contribution in [0.15, 0.2) is 18.2 Å². The van der Waals surface area contributed by atoms with Gasteiger partial charge in [0.15, 0.2) is 0 Å². The molecule has 0 atom stereocenters. The second-order valence-corrected chi connectivity index (χ2v) is 4.34. The smallest absolute Gasteiger partial charge is 0.248 e. The van der Waals surface area contributed by atoms with Crippen LogP contribution in [0.2, 0.25) is 5.02 Å². The highest BCUT2D eigenvalue weighted by Gasteiger charge is 2.14. The number of hydrogen-bond acceptors (Lipinski definition) is 3. The Hall–Kier alpha value is -2.01. The first kappa shape index (κ1) is 12.4. The minimum Gasteiger partial charge on any atom is -0.506 e. The molecule has 0 aliphatic rings. The van der Waals surface area contributed by atoms with Crippen LogP contribution in [0.3, 0.4) is 0 Å². The van der Waals surface area contributed by atoms with Crippen LogP contribution >= 0.6 is 11.6 Å². The van der Waals surface area contributed by atoms with E-state index in [0.29, 0.717) is 16.4 Å². The van der Waals surface area contributed by atoms with E-state index >= 15 is 0 Å². The third-order valence-corrected chi connectivity index (χ3v) is 3.24. The Labute approximate surface area is 109 Å². The Balaban J connectivity index is 2.58. The summed E-state index contributed by atoms with van der Waals surface area (Å²) in [6, 6.07) is 4.41. The SMILES string of the molecule is Cc1nn(-c2ccc(C(N)=O)cc2O)c(C)c1Cl. The lowest BCUT2D eigenvalue weighted by Gasteiger charge is -2.07. The standard InChI is InChI=1S/C12H12ClN3O2/c1-6-11(13)7(2)16(15-6)9-4-3-8(12(14)18)5-10(9)17/h3-5,17H,1-2H3,(H2,14,18). The van der Waals surface area contributed by atoms with Gasteiger partial charge in [-0.05, 0) is 32.0 Å². The maximum atomic E-state index is 11.0. The largest absolute Gasteiger partial charge is 0.506 e. The van der Waals surface area contributed by atoms with Crippen LogP contribution in [-0.4, -0.2) is 20.8 Å². The molecule has 0 saturated carbocycles. The number of rotatable bonds is 2. The Kier molecular flexibility index (Phi) is 3.00. The zero-order valence-corrected chi connectivity index (χ0v) is 10.7. The first-order chi connectivity index (χ1) is 8.41. The number of phenols is 1. The fourth-order valence-corrected chi connectivity index (χ4v) is 1.83. The molecular weight excluding hydrogens is 254 g/mol. The third kappa shape index (κ3) is 1.93. The number of aryl methyl sites for hydroxylation is 1. The number of aromatic hydroxyl groups is 1. The maximum Gasteiger partial charge on any atom is 0.248 e. The lowest BCUT2D eigenvalue weighted by atomic mass is 10.2. The van der Waals surface area contributed by atoms with E-state index in [2.05, 4.69) is 5.10 Å². The Bertz CT molecular complexity index is 634. The van der Waals surface area contributed by atoms with Crippen molar-refractivity contribution in [1.29, 1.82) is 0 Å². The van der Waals surface area contributed by atoms with Crippen LogP contribution in [-0.2, 0) is 0 Å². The van der Waals surface area contributed by atoms with Crippen molar-refractivity contribution in [2.75, 3.05) is 0 Å². The van der Waals surface area contributed by atoms with Crippen molar-refractivity contribution in [3.05, 3.63) is 40.2 Å². The number of carbonyl (C=O) groups excluding carboxylic acids is 1. The molecule has 6 heteroatoms. The molecule has 1 amide bonds. The lowest BCUT2D eigenvalue weighted by molar-refractivity contribution is 0.1000. The summed E-state index contributed by atoms with van der Waals surface area (Å²) in [5.74, 6) is -0.670. The molecule has 2 aromatic rings. The number of aromatic nitrogens is 2.